The number of hydrogen-bond donors (Lipinski definition) is 2. The Morgan fingerprint density at radius 3 is 2.68 bits per heavy atom. The Morgan fingerprint density at radius 1 is 1.21 bits per heavy atom. The summed E-state index contributed by atoms with van der Waals surface area (Å²) in [5.41, 5.74) is 1.73. The molecular weight excluding hydrogens is 236 g/mol. The maximum Gasteiger partial charge on any atom is 0.253 e. The highest BCUT2D eigenvalue weighted by Crippen LogP contribution is 2.17. The Kier molecular flexibility index (Phi) is 4.25. The van der Waals surface area contributed by atoms with Crippen LogP contribution in [0.5, 0.6) is 0 Å². The summed E-state index contributed by atoms with van der Waals surface area (Å²) < 4.78 is 0. The Balaban J connectivity index is 2.04. The highest BCUT2D eigenvalue weighted by atomic mass is 16.1. The number of fused-ring (bicyclic) bond motifs is 1. The van der Waals surface area contributed by atoms with Crippen molar-refractivity contribution in [1.82, 2.24) is 10.3 Å². The third-order valence-electron chi connectivity index (χ3n) is 3.39. The average molecular weight is 258 g/mol. The van der Waals surface area contributed by atoms with Crippen molar-refractivity contribution in [2.45, 2.75) is 39.7 Å². The van der Waals surface area contributed by atoms with Crippen LogP contribution in [-0.4, -0.2) is 16.9 Å². The first-order valence-electron chi connectivity index (χ1n) is 6.95. The maximum atomic E-state index is 12.2. The fraction of sp³-hybridized carbons (Fsp3) is 0.438. The van der Waals surface area contributed by atoms with E-state index < -0.39 is 0 Å². The van der Waals surface area contributed by atoms with Crippen LogP contribution in [-0.2, 0) is 0 Å². The van der Waals surface area contributed by atoms with Crippen molar-refractivity contribution in [1.29, 1.82) is 0 Å². The number of carbonyl (C=O) groups excluding carboxylic acids is 1. The van der Waals surface area contributed by atoms with Gasteiger partial charge in [0.1, 0.15) is 0 Å². The van der Waals surface area contributed by atoms with Crippen LogP contribution in [0.3, 0.4) is 0 Å². The lowest BCUT2D eigenvalue weighted by Gasteiger charge is -2.14. The predicted molar refractivity (Wildman–Crippen MR) is 79.3 cm³/mol. The summed E-state index contributed by atoms with van der Waals surface area (Å²) in [7, 11) is 0. The lowest BCUT2D eigenvalue weighted by atomic mass is 10.0. The maximum absolute atomic E-state index is 12.2. The number of rotatable bonds is 5. The van der Waals surface area contributed by atoms with E-state index in [1.165, 1.54) is 0 Å². The van der Waals surface area contributed by atoms with Crippen molar-refractivity contribution in [2.24, 2.45) is 5.92 Å². The third kappa shape index (κ3) is 3.37. The second-order valence-corrected chi connectivity index (χ2v) is 5.59. The molecule has 1 unspecified atom stereocenters. The van der Waals surface area contributed by atoms with Gasteiger partial charge in [0.25, 0.3) is 5.91 Å². The summed E-state index contributed by atoms with van der Waals surface area (Å²) in [6.07, 6.45) is 3.94. The van der Waals surface area contributed by atoms with Crippen molar-refractivity contribution in [2.75, 3.05) is 0 Å². The monoisotopic (exact) mass is 258 g/mol. The normalized spacial score (nSPS) is 12.8. The quantitative estimate of drug-likeness (QED) is 0.843. The Bertz CT molecular complexity index is 557. The first-order chi connectivity index (χ1) is 9.08. The van der Waals surface area contributed by atoms with Crippen molar-refractivity contribution >= 4 is 16.8 Å². The SMILES string of the molecule is CC(C)CCC(C)NC(=O)c1c[nH]c2ccccc12. The number of H-pyrrole nitrogens is 1. The first-order valence-corrected chi connectivity index (χ1v) is 6.95. The first kappa shape index (κ1) is 13.7. The fourth-order valence-electron chi connectivity index (χ4n) is 2.22. The molecule has 1 aromatic heterocycles. The number of aromatic amines is 1. The van der Waals surface area contributed by atoms with Gasteiger partial charge in [-0.25, -0.2) is 0 Å². The van der Waals surface area contributed by atoms with Crippen molar-refractivity contribution in [3.05, 3.63) is 36.0 Å². The number of para-hydroxylation sites is 1. The fourth-order valence-corrected chi connectivity index (χ4v) is 2.22. The van der Waals surface area contributed by atoms with Crippen LogP contribution < -0.4 is 5.32 Å². The molecule has 1 atom stereocenters. The molecule has 0 radical (unpaired) electrons. The smallest absolute Gasteiger partial charge is 0.253 e. The van der Waals surface area contributed by atoms with Gasteiger partial charge >= 0.3 is 0 Å². The summed E-state index contributed by atoms with van der Waals surface area (Å²) in [5, 5.41) is 4.05. The number of carbonyl (C=O) groups is 1. The zero-order valence-corrected chi connectivity index (χ0v) is 11.9. The van der Waals surface area contributed by atoms with Crippen molar-refractivity contribution in [3.8, 4) is 0 Å². The van der Waals surface area contributed by atoms with Crippen LogP contribution in [0.15, 0.2) is 30.5 Å². The molecule has 0 spiro atoms. The molecule has 1 amide bonds. The summed E-state index contributed by atoms with van der Waals surface area (Å²) >= 11 is 0. The molecule has 0 saturated carbocycles. The zero-order chi connectivity index (χ0) is 13.8. The van der Waals surface area contributed by atoms with Crippen molar-refractivity contribution in [3.63, 3.8) is 0 Å². The summed E-state index contributed by atoms with van der Waals surface area (Å²) in [5.74, 6) is 0.682. The van der Waals surface area contributed by atoms with E-state index in [4.69, 9.17) is 0 Å². The van der Waals surface area contributed by atoms with Crippen LogP contribution in [0.4, 0.5) is 0 Å². The van der Waals surface area contributed by atoms with Crippen LogP contribution in [0.25, 0.3) is 10.9 Å². The van der Waals surface area contributed by atoms with Gasteiger partial charge in [-0.15, -0.1) is 0 Å². The van der Waals surface area contributed by atoms with Gasteiger partial charge in [0.15, 0.2) is 0 Å². The predicted octanol–water partition coefficient (Wildman–Crippen LogP) is 3.72. The van der Waals surface area contributed by atoms with E-state index in [2.05, 4.69) is 31.1 Å². The van der Waals surface area contributed by atoms with Crippen molar-refractivity contribution < 1.29 is 4.79 Å². The van der Waals surface area contributed by atoms with Gasteiger partial charge in [0, 0.05) is 23.1 Å². The Labute approximate surface area is 114 Å². The van der Waals surface area contributed by atoms with E-state index in [9.17, 15) is 4.79 Å². The Morgan fingerprint density at radius 2 is 1.95 bits per heavy atom. The zero-order valence-electron chi connectivity index (χ0n) is 11.9. The van der Waals surface area contributed by atoms with Gasteiger partial charge in [-0.2, -0.15) is 0 Å². The van der Waals surface area contributed by atoms with Crippen LogP contribution >= 0.6 is 0 Å². The molecule has 2 N–H and O–H groups in total. The van der Waals surface area contributed by atoms with Gasteiger partial charge < -0.3 is 10.3 Å². The molecule has 1 aromatic carbocycles. The highest BCUT2D eigenvalue weighted by Gasteiger charge is 2.14. The summed E-state index contributed by atoms with van der Waals surface area (Å²) in [6, 6.07) is 8.08. The molecule has 0 saturated heterocycles. The molecule has 0 bridgehead atoms. The molecule has 3 nitrogen and oxygen atoms in total. The number of amides is 1. The third-order valence-corrected chi connectivity index (χ3v) is 3.39. The molecule has 0 aliphatic heterocycles. The lowest BCUT2D eigenvalue weighted by Crippen LogP contribution is -2.32. The topological polar surface area (TPSA) is 44.9 Å². The molecule has 102 valence electrons. The average Bonchev–Trinajstić information content (AvgIpc) is 2.80. The minimum absolute atomic E-state index is 0.00806. The molecule has 0 fully saturated rings. The summed E-state index contributed by atoms with van der Waals surface area (Å²) in [6.45, 7) is 6.47. The minimum atomic E-state index is 0.00806. The molecule has 1 heterocycles. The van der Waals surface area contributed by atoms with E-state index in [-0.39, 0.29) is 11.9 Å². The van der Waals surface area contributed by atoms with Crippen LogP contribution in [0.2, 0.25) is 0 Å². The van der Waals surface area contributed by atoms with E-state index in [1.54, 1.807) is 6.20 Å². The van der Waals surface area contributed by atoms with Gasteiger partial charge in [0.05, 0.1) is 5.56 Å². The number of hydrogen-bond acceptors (Lipinski definition) is 1. The van der Waals surface area contributed by atoms with Gasteiger partial charge in [-0.3, -0.25) is 4.79 Å². The number of aromatic nitrogens is 1. The van der Waals surface area contributed by atoms with Gasteiger partial charge in [0.2, 0.25) is 0 Å². The molecular formula is C16H22N2O. The summed E-state index contributed by atoms with van der Waals surface area (Å²) in [4.78, 5) is 15.4. The number of nitrogens with one attached hydrogen (secondary N) is 2. The van der Waals surface area contributed by atoms with Gasteiger partial charge in [-0.1, -0.05) is 32.0 Å². The second-order valence-electron chi connectivity index (χ2n) is 5.59. The molecule has 0 aliphatic carbocycles. The highest BCUT2D eigenvalue weighted by molar-refractivity contribution is 6.06. The molecule has 0 aliphatic rings. The van der Waals surface area contributed by atoms with E-state index in [0.717, 1.165) is 29.3 Å². The molecule has 2 rings (SSSR count). The van der Waals surface area contributed by atoms with Crippen LogP contribution in [0, 0.1) is 5.92 Å². The van der Waals surface area contributed by atoms with E-state index in [0.29, 0.717) is 5.92 Å². The standard InChI is InChI=1S/C16H22N2O/c1-11(2)8-9-12(3)18-16(19)14-10-17-15-7-5-4-6-13(14)15/h4-7,10-12,17H,8-9H2,1-3H3,(H,18,19). The van der Waals surface area contributed by atoms with Gasteiger partial charge in [-0.05, 0) is 31.7 Å². The number of benzene rings is 1. The van der Waals surface area contributed by atoms with E-state index >= 15 is 0 Å². The Hall–Kier alpha value is -1.77. The lowest BCUT2D eigenvalue weighted by molar-refractivity contribution is 0.0939. The largest absolute Gasteiger partial charge is 0.360 e. The van der Waals surface area contributed by atoms with Crippen LogP contribution in [0.1, 0.15) is 44.0 Å². The molecule has 3 heteroatoms. The molecule has 2 aromatic rings. The second kappa shape index (κ2) is 5.91. The molecule has 19 heavy (non-hydrogen) atoms. The minimum Gasteiger partial charge on any atom is -0.360 e. The van der Waals surface area contributed by atoms with E-state index in [1.807, 2.05) is 24.3 Å².